The van der Waals surface area contributed by atoms with Crippen molar-refractivity contribution in [2.45, 2.75) is 57.5 Å². The molecule has 0 unspecified atom stereocenters. The van der Waals surface area contributed by atoms with Crippen molar-refractivity contribution in [1.29, 1.82) is 0 Å². The third-order valence-electron chi connectivity index (χ3n) is 4.47. The molecule has 20 heavy (non-hydrogen) atoms. The van der Waals surface area contributed by atoms with Gasteiger partial charge in [0.1, 0.15) is 5.82 Å². The predicted molar refractivity (Wildman–Crippen MR) is 86.7 cm³/mol. The standard InChI is InChI=1S/C16H22BrN3/c1-2-20-14-8-7-12(17)11-13(14)19-15(20)16(18)9-5-3-4-6-10-16/h7-8,11H,2-6,9-10,18H2,1H3. The monoisotopic (exact) mass is 335 g/mol. The van der Waals surface area contributed by atoms with E-state index in [2.05, 4.69) is 45.6 Å². The van der Waals surface area contributed by atoms with Crippen LogP contribution in [0.5, 0.6) is 0 Å². The van der Waals surface area contributed by atoms with Crippen molar-refractivity contribution < 1.29 is 0 Å². The number of halogens is 1. The zero-order valence-electron chi connectivity index (χ0n) is 12.0. The van der Waals surface area contributed by atoms with E-state index in [9.17, 15) is 0 Å². The highest BCUT2D eigenvalue weighted by Gasteiger charge is 2.33. The summed E-state index contributed by atoms with van der Waals surface area (Å²) in [6, 6.07) is 6.31. The van der Waals surface area contributed by atoms with Crippen LogP contribution < -0.4 is 5.73 Å². The lowest BCUT2D eigenvalue weighted by Gasteiger charge is -2.28. The fourth-order valence-corrected chi connectivity index (χ4v) is 3.74. The van der Waals surface area contributed by atoms with Gasteiger partial charge in [0.2, 0.25) is 0 Å². The number of imidazole rings is 1. The summed E-state index contributed by atoms with van der Waals surface area (Å²) in [4.78, 5) is 4.89. The highest BCUT2D eigenvalue weighted by Crippen LogP contribution is 2.35. The molecule has 0 saturated heterocycles. The summed E-state index contributed by atoms with van der Waals surface area (Å²) < 4.78 is 3.37. The maximum atomic E-state index is 6.76. The Morgan fingerprint density at radius 1 is 1.25 bits per heavy atom. The quantitative estimate of drug-likeness (QED) is 0.830. The van der Waals surface area contributed by atoms with E-state index in [1.807, 2.05) is 0 Å². The van der Waals surface area contributed by atoms with E-state index in [1.54, 1.807) is 0 Å². The molecule has 3 rings (SSSR count). The van der Waals surface area contributed by atoms with Crippen molar-refractivity contribution >= 4 is 27.0 Å². The molecule has 1 aromatic carbocycles. The van der Waals surface area contributed by atoms with Gasteiger partial charge in [-0.3, -0.25) is 0 Å². The Morgan fingerprint density at radius 3 is 2.60 bits per heavy atom. The van der Waals surface area contributed by atoms with Crippen LogP contribution in [0.25, 0.3) is 11.0 Å². The van der Waals surface area contributed by atoms with Gasteiger partial charge in [0.25, 0.3) is 0 Å². The molecule has 0 amide bonds. The van der Waals surface area contributed by atoms with Crippen molar-refractivity contribution in [3.05, 3.63) is 28.5 Å². The number of nitrogens with zero attached hydrogens (tertiary/aromatic N) is 2. The lowest BCUT2D eigenvalue weighted by atomic mass is 9.90. The fraction of sp³-hybridized carbons (Fsp3) is 0.562. The van der Waals surface area contributed by atoms with Crippen LogP contribution in [0.3, 0.4) is 0 Å². The smallest absolute Gasteiger partial charge is 0.130 e. The van der Waals surface area contributed by atoms with Crippen LogP contribution in [0.1, 0.15) is 51.3 Å². The van der Waals surface area contributed by atoms with Gasteiger partial charge >= 0.3 is 0 Å². The molecule has 0 spiro atoms. The van der Waals surface area contributed by atoms with E-state index >= 15 is 0 Å². The van der Waals surface area contributed by atoms with Crippen molar-refractivity contribution in [1.82, 2.24) is 9.55 Å². The Labute approximate surface area is 128 Å². The third-order valence-corrected chi connectivity index (χ3v) is 4.96. The number of benzene rings is 1. The first-order chi connectivity index (χ1) is 9.64. The second-order valence-electron chi connectivity index (χ2n) is 5.88. The molecule has 0 atom stereocenters. The van der Waals surface area contributed by atoms with Gasteiger partial charge in [0.15, 0.2) is 0 Å². The minimum atomic E-state index is -0.252. The molecular formula is C16H22BrN3. The summed E-state index contributed by atoms with van der Waals surface area (Å²) in [7, 11) is 0. The van der Waals surface area contributed by atoms with Gasteiger partial charge in [-0.05, 0) is 38.0 Å². The van der Waals surface area contributed by atoms with E-state index in [-0.39, 0.29) is 5.54 Å². The molecule has 1 aromatic heterocycles. The number of hydrogen-bond donors (Lipinski definition) is 1. The SMILES string of the molecule is CCn1c(C2(N)CCCCCC2)nc2cc(Br)ccc21. The number of aromatic nitrogens is 2. The Hall–Kier alpha value is -0.870. The first kappa shape index (κ1) is 14.1. The van der Waals surface area contributed by atoms with Crippen molar-refractivity contribution in [2.75, 3.05) is 0 Å². The maximum Gasteiger partial charge on any atom is 0.130 e. The average molecular weight is 336 g/mol. The zero-order chi connectivity index (χ0) is 14.2. The van der Waals surface area contributed by atoms with E-state index < -0.39 is 0 Å². The molecule has 4 heteroatoms. The molecule has 0 bridgehead atoms. The van der Waals surface area contributed by atoms with Gasteiger partial charge in [-0.1, -0.05) is 41.6 Å². The summed E-state index contributed by atoms with van der Waals surface area (Å²) in [6.45, 7) is 3.10. The number of fused-ring (bicyclic) bond motifs is 1. The number of rotatable bonds is 2. The lowest BCUT2D eigenvalue weighted by Crippen LogP contribution is -2.39. The molecule has 3 nitrogen and oxygen atoms in total. The summed E-state index contributed by atoms with van der Waals surface area (Å²) in [5.74, 6) is 1.08. The number of aryl methyl sites for hydroxylation is 1. The second-order valence-corrected chi connectivity index (χ2v) is 6.80. The van der Waals surface area contributed by atoms with Crippen LogP contribution in [0.2, 0.25) is 0 Å². The summed E-state index contributed by atoms with van der Waals surface area (Å²) in [5.41, 5.74) is 8.75. The molecule has 1 heterocycles. The molecule has 1 saturated carbocycles. The highest BCUT2D eigenvalue weighted by atomic mass is 79.9. The Bertz CT molecular complexity index is 609. The Kier molecular flexibility index (Phi) is 3.87. The van der Waals surface area contributed by atoms with Gasteiger partial charge in [-0.15, -0.1) is 0 Å². The fourth-order valence-electron chi connectivity index (χ4n) is 3.39. The summed E-state index contributed by atoms with van der Waals surface area (Å²) in [6.07, 6.45) is 7.14. The van der Waals surface area contributed by atoms with E-state index in [1.165, 1.54) is 31.2 Å². The van der Waals surface area contributed by atoms with Crippen molar-refractivity contribution in [3.63, 3.8) is 0 Å². The van der Waals surface area contributed by atoms with Crippen LogP contribution in [0.15, 0.2) is 22.7 Å². The third kappa shape index (κ3) is 2.40. The lowest BCUT2D eigenvalue weighted by molar-refractivity contribution is 0.350. The summed E-state index contributed by atoms with van der Waals surface area (Å²) >= 11 is 3.53. The van der Waals surface area contributed by atoms with Crippen molar-refractivity contribution in [2.24, 2.45) is 5.73 Å². The predicted octanol–water partition coefficient (Wildman–Crippen LogP) is 4.33. The molecule has 0 radical (unpaired) electrons. The van der Waals surface area contributed by atoms with E-state index in [4.69, 9.17) is 10.7 Å². The molecule has 0 aliphatic heterocycles. The Balaban J connectivity index is 2.14. The van der Waals surface area contributed by atoms with Crippen LogP contribution in [0.4, 0.5) is 0 Å². The van der Waals surface area contributed by atoms with Gasteiger partial charge in [0, 0.05) is 11.0 Å². The van der Waals surface area contributed by atoms with Crippen LogP contribution >= 0.6 is 15.9 Å². The normalized spacial score (nSPS) is 19.1. The average Bonchev–Trinajstić information content (AvgIpc) is 2.66. The molecule has 1 fully saturated rings. The largest absolute Gasteiger partial charge is 0.327 e. The van der Waals surface area contributed by atoms with Gasteiger partial charge in [-0.25, -0.2) is 4.98 Å². The number of hydrogen-bond acceptors (Lipinski definition) is 2. The maximum absolute atomic E-state index is 6.76. The summed E-state index contributed by atoms with van der Waals surface area (Å²) in [5, 5.41) is 0. The van der Waals surface area contributed by atoms with E-state index in [0.717, 1.165) is 35.2 Å². The van der Waals surface area contributed by atoms with Crippen molar-refractivity contribution in [3.8, 4) is 0 Å². The van der Waals surface area contributed by atoms with Crippen LogP contribution in [-0.2, 0) is 12.1 Å². The molecule has 1 aliphatic carbocycles. The topological polar surface area (TPSA) is 43.8 Å². The first-order valence-electron chi connectivity index (χ1n) is 7.59. The van der Waals surface area contributed by atoms with Gasteiger partial charge in [-0.2, -0.15) is 0 Å². The molecule has 2 N–H and O–H groups in total. The van der Waals surface area contributed by atoms with Gasteiger partial charge < -0.3 is 10.3 Å². The van der Waals surface area contributed by atoms with Crippen LogP contribution in [-0.4, -0.2) is 9.55 Å². The van der Waals surface area contributed by atoms with Gasteiger partial charge in [0.05, 0.1) is 16.6 Å². The minimum absolute atomic E-state index is 0.252. The minimum Gasteiger partial charge on any atom is -0.327 e. The van der Waals surface area contributed by atoms with Crippen LogP contribution in [0, 0.1) is 0 Å². The zero-order valence-corrected chi connectivity index (χ0v) is 13.6. The molecular weight excluding hydrogens is 314 g/mol. The number of nitrogens with two attached hydrogens (primary N) is 1. The molecule has 2 aromatic rings. The molecule has 108 valence electrons. The first-order valence-corrected chi connectivity index (χ1v) is 8.38. The Morgan fingerprint density at radius 2 is 1.95 bits per heavy atom. The molecule has 1 aliphatic rings. The van der Waals surface area contributed by atoms with E-state index in [0.29, 0.717) is 0 Å². The highest BCUT2D eigenvalue weighted by molar-refractivity contribution is 9.10. The second kappa shape index (κ2) is 5.49.